The smallest absolute Gasteiger partial charge is 0.310 e. The molecule has 1 rings (SSSR count). The molecule has 23 heavy (non-hydrogen) atoms. The van der Waals surface area contributed by atoms with E-state index >= 15 is 0 Å². The Morgan fingerprint density at radius 3 is 2.70 bits per heavy atom. The van der Waals surface area contributed by atoms with Crippen molar-refractivity contribution in [2.24, 2.45) is 16.0 Å². The maximum Gasteiger partial charge on any atom is 0.310 e. The fourth-order valence-electron chi connectivity index (χ4n) is 2.33. The fraction of sp³-hybridized carbons (Fsp3) is 0.846. The van der Waals surface area contributed by atoms with Gasteiger partial charge in [-0.05, 0) is 26.7 Å². The second kappa shape index (κ2) is 11.0. The molecule has 1 heterocycles. The molecule has 0 aromatic rings. The molecule has 0 amide bonds. The molecule has 0 radical (unpaired) electrons. The Balaban J connectivity index is 0.00000484. The van der Waals surface area contributed by atoms with Crippen LogP contribution in [0.3, 0.4) is 0 Å². The van der Waals surface area contributed by atoms with Crippen LogP contribution in [0.15, 0.2) is 4.99 Å². The molecule has 0 spiro atoms. The van der Waals surface area contributed by atoms with Crippen molar-refractivity contribution in [2.75, 3.05) is 38.5 Å². The maximum absolute atomic E-state index is 11.9. The molecule has 0 aromatic carbocycles. The summed E-state index contributed by atoms with van der Waals surface area (Å²) in [6, 6.07) is 0. The van der Waals surface area contributed by atoms with Gasteiger partial charge in [-0.25, -0.2) is 13.6 Å². The van der Waals surface area contributed by atoms with Crippen LogP contribution in [0.5, 0.6) is 0 Å². The molecular weight excluding hydrogens is 435 g/mol. The molecule has 1 unspecified atom stereocenters. The number of carbonyl (C=O) groups excluding carboxylic acids is 1. The van der Waals surface area contributed by atoms with E-state index in [1.807, 2.05) is 11.8 Å². The van der Waals surface area contributed by atoms with Crippen LogP contribution in [0, 0.1) is 5.92 Å². The van der Waals surface area contributed by atoms with Gasteiger partial charge in [-0.2, -0.15) is 0 Å². The van der Waals surface area contributed by atoms with Gasteiger partial charge in [-0.1, -0.05) is 0 Å². The number of esters is 1. The van der Waals surface area contributed by atoms with Crippen molar-refractivity contribution in [1.29, 1.82) is 0 Å². The van der Waals surface area contributed by atoms with E-state index in [2.05, 4.69) is 10.3 Å². The molecule has 8 nitrogen and oxygen atoms in total. The van der Waals surface area contributed by atoms with Gasteiger partial charge in [0.1, 0.15) is 0 Å². The first kappa shape index (κ1) is 22.4. The van der Waals surface area contributed by atoms with Gasteiger partial charge in [0.2, 0.25) is 10.0 Å². The molecule has 3 N–H and O–H groups in total. The Hall–Kier alpha value is -0.620. The summed E-state index contributed by atoms with van der Waals surface area (Å²) in [6.45, 7) is 6.16. The Kier molecular flexibility index (Phi) is 10.7. The Labute approximate surface area is 155 Å². The highest BCUT2D eigenvalue weighted by atomic mass is 127. The largest absolute Gasteiger partial charge is 0.466 e. The van der Waals surface area contributed by atoms with Crippen molar-refractivity contribution in [3.8, 4) is 0 Å². The van der Waals surface area contributed by atoms with Crippen molar-refractivity contribution >= 4 is 45.9 Å². The lowest BCUT2D eigenvalue weighted by Gasteiger charge is -2.34. The number of aliphatic imine (C=N–C) groups is 1. The Bertz CT molecular complexity index is 498. The van der Waals surface area contributed by atoms with E-state index in [-0.39, 0.29) is 48.2 Å². The number of piperidine rings is 1. The highest BCUT2D eigenvalue weighted by Gasteiger charge is 2.28. The number of nitrogens with one attached hydrogen (secondary N) is 1. The maximum atomic E-state index is 11.9. The molecule has 0 aliphatic carbocycles. The van der Waals surface area contributed by atoms with Gasteiger partial charge >= 0.3 is 5.97 Å². The van der Waals surface area contributed by atoms with Gasteiger partial charge < -0.3 is 15.0 Å². The molecule has 1 saturated heterocycles. The van der Waals surface area contributed by atoms with Crippen molar-refractivity contribution in [2.45, 2.75) is 26.7 Å². The van der Waals surface area contributed by atoms with Gasteiger partial charge in [0.05, 0.1) is 24.8 Å². The van der Waals surface area contributed by atoms with Gasteiger partial charge in [0, 0.05) is 19.6 Å². The van der Waals surface area contributed by atoms with E-state index in [0.717, 1.165) is 19.4 Å². The minimum atomic E-state index is -3.52. The summed E-state index contributed by atoms with van der Waals surface area (Å²) in [5, 5.41) is 8.10. The van der Waals surface area contributed by atoms with Crippen LogP contribution in [0.1, 0.15) is 26.7 Å². The van der Waals surface area contributed by atoms with Crippen molar-refractivity contribution in [1.82, 2.24) is 10.2 Å². The van der Waals surface area contributed by atoms with Gasteiger partial charge in [-0.15, -0.1) is 24.0 Å². The number of sulfonamides is 1. The predicted octanol–water partition coefficient (Wildman–Crippen LogP) is 0.134. The first-order valence-corrected chi connectivity index (χ1v) is 9.29. The van der Waals surface area contributed by atoms with Crippen LogP contribution < -0.4 is 10.5 Å². The lowest BCUT2D eigenvalue weighted by Crippen LogP contribution is -2.48. The number of guanidine groups is 1. The molecule has 1 atom stereocenters. The molecule has 1 aliphatic rings. The van der Waals surface area contributed by atoms with Crippen molar-refractivity contribution in [3.63, 3.8) is 0 Å². The minimum absolute atomic E-state index is 0. The Morgan fingerprint density at radius 1 is 1.43 bits per heavy atom. The molecular formula is C13H27IN4O4S. The zero-order chi connectivity index (χ0) is 16.6. The lowest BCUT2D eigenvalue weighted by atomic mass is 9.98. The standard InChI is InChI=1S/C13H26N4O4S.HI/c1-3-15-13(16-7-9-22(14,19)20)17-8-5-6-11(10-17)12(18)21-4-2;/h11H,3-10H2,1-2H3,(H,15,16)(H2,14,19,20);1H. The number of primary sulfonamides is 1. The van der Waals surface area contributed by atoms with E-state index in [4.69, 9.17) is 9.88 Å². The van der Waals surface area contributed by atoms with E-state index in [1.54, 1.807) is 6.92 Å². The van der Waals surface area contributed by atoms with Crippen LogP contribution in [0.25, 0.3) is 0 Å². The number of nitrogens with zero attached hydrogens (tertiary/aromatic N) is 2. The van der Waals surface area contributed by atoms with Crippen LogP contribution in [-0.2, 0) is 19.6 Å². The number of likely N-dealkylation sites (tertiary alicyclic amines) is 1. The highest BCUT2D eigenvalue weighted by molar-refractivity contribution is 14.0. The molecule has 10 heteroatoms. The molecule has 136 valence electrons. The minimum Gasteiger partial charge on any atom is -0.466 e. The SMILES string of the molecule is CCNC(=NCCS(N)(=O)=O)N1CCCC(C(=O)OCC)C1.I. The number of ether oxygens (including phenoxy) is 1. The quantitative estimate of drug-likeness (QED) is 0.251. The third-order valence-corrected chi connectivity index (χ3v) is 4.06. The second-order valence-electron chi connectivity index (χ2n) is 5.14. The molecule has 0 aromatic heterocycles. The van der Waals surface area contributed by atoms with E-state index in [0.29, 0.717) is 25.7 Å². The summed E-state index contributed by atoms with van der Waals surface area (Å²) < 4.78 is 27.0. The molecule has 0 bridgehead atoms. The van der Waals surface area contributed by atoms with E-state index < -0.39 is 10.0 Å². The van der Waals surface area contributed by atoms with Crippen LogP contribution >= 0.6 is 24.0 Å². The molecule has 0 saturated carbocycles. The first-order chi connectivity index (χ1) is 10.4. The number of halogens is 1. The third kappa shape index (κ3) is 8.70. The first-order valence-electron chi connectivity index (χ1n) is 7.57. The number of hydrogen-bond acceptors (Lipinski definition) is 5. The number of carbonyl (C=O) groups is 1. The lowest BCUT2D eigenvalue weighted by molar-refractivity contribution is -0.149. The fourth-order valence-corrected chi connectivity index (χ4v) is 2.67. The number of hydrogen-bond donors (Lipinski definition) is 2. The number of nitrogens with two attached hydrogens (primary N) is 1. The zero-order valence-electron chi connectivity index (χ0n) is 13.7. The summed E-state index contributed by atoms with van der Waals surface area (Å²) in [7, 11) is -3.52. The normalized spacial score (nSPS) is 19.0. The van der Waals surface area contributed by atoms with Crippen LogP contribution in [0.4, 0.5) is 0 Å². The predicted molar refractivity (Wildman–Crippen MR) is 100 cm³/mol. The van der Waals surface area contributed by atoms with Crippen molar-refractivity contribution in [3.05, 3.63) is 0 Å². The Morgan fingerprint density at radius 2 is 2.13 bits per heavy atom. The highest BCUT2D eigenvalue weighted by Crippen LogP contribution is 2.18. The summed E-state index contributed by atoms with van der Waals surface area (Å²) in [5.74, 6) is 0.0559. The zero-order valence-corrected chi connectivity index (χ0v) is 16.8. The molecule has 1 aliphatic heterocycles. The van der Waals surface area contributed by atoms with Crippen LogP contribution in [0.2, 0.25) is 0 Å². The van der Waals surface area contributed by atoms with E-state index in [9.17, 15) is 13.2 Å². The molecule has 1 fully saturated rings. The number of rotatable bonds is 6. The third-order valence-electron chi connectivity index (χ3n) is 3.31. The summed E-state index contributed by atoms with van der Waals surface area (Å²) >= 11 is 0. The van der Waals surface area contributed by atoms with Gasteiger partial charge in [0.25, 0.3) is 0 Å². The second-order valence-corrected chi connectivity index (χ2v) is 6.87. The summed E-state index contributed by atoms with van der Waals surface area (Å²) in [4.78, 5) is 18.1. The average Bonchev–Trinajstić information content (AvgIpc) is 2.45. The summed E-state index contributed by atoms with van der Waals surface area (Å²) in [6.07, 6.45) is 1.66. The topological polar surface area (TPSA) is 114 Å². The monoisotopic (exact) mass is 462 g/mol. The average molecular weight is 462 g/mol. The van der Waals surface area contributed by atoms with Crippen LogP contribution in [-0.4, -0.2) is 63.8 Å². The summed E-state index contributed by atoms with van der Waals surface area (Å²) in [5.41, 5.74) is 0. The van der Waals surface area contributed by atoms with E-state index in [1.165, 1.54) is 0 Å². The van der Waals surface area contributed by atoms with Gasteiger partial charge in [0.15, 0.2) is 5.96 Å². The van der Waals surface area contributed by atoms with Gasteiger partial charge in [-0.3, -0.25) is 9.79 Å². The van der Waals surface area contributed by atoms with Crippen molar-refractivity contribution < 1.29 is 17.9 Å².